The first kappa shape index (κ1) is 11.0. The number of aliphatic hydroxyl groups excluding tert-OH is 1. The molecule has 0 fully saturated rings. The van der Waals surface area contributed by atoms with Crippen molar-refractivity contribution in [3.63, 3.8) is 0 Å². The first-order valence-corrected chi connectivity index (χ1v) is 5.00. The second-order valence-electron chi connectivity index (χ2n) is 3.20. The molecule has 0 aliphatic heterocycles. The first-order chi connectivity index (χ1) is 5.97. The van der Waals surface area contributed by atoms with Crippen LogP contribution in [0.4, 0.5) is 0 Å². The monoisotopic (exact) mass is 263 g/mol. The Morgan fingerprint density at radius 3 is 2.77 bits per heavy atom. The highest BCUT2D eigenvalue weighted by Gasteiger charge is 2.22. The molecule has 1 aromatic rings. The van der Waals surface area contributed by atoms with Crippen LogP contribution in [0.15, 0.2) is 22.7 Å². The third-order valence-corrected chi connectivity index (χ3v) is 2.80. The lowest BCUT2D eigenvalue weighted by atomic mass is 9.94. The Labute approximate surface area is 90.8 Å². The maximum atomic E-state index is 9.07. The van der Waals surface area contributed by atoms with Gasteiger partial charge in [0.15, 0.2) is 0 Å². The van der Waals surface area contributed by atoms with Gasteiger partial charge in [-0.3, -0.25) is 0 Å². The summed E-state index contributed by atoms with van der Waals surface area (Å²) < 4.78 is 0.857. The van der Waals surface area contributed by atoms with Gasteiger partial charge in [0.05, 0.1) is 12.1 Å². The normalized spacial score (nSPS) is 15.5. The third kappa shape index (κ3) is 2.44. The predicted octanol–water partition coefficient (Wildman–Crippen LogP) is 2.27. The van der Waals surface area contributed by atoms with Crippen LogP contribution in [0.1, 0.15) is 12.5 Å². The van der Waals surface area contributed by atoms with Crippen LogP contribution in [0.2, 0.25) is 5.02 Å². The van der Waals surface area contributed by atoms with Crippen molar-refractivity contribution in [2.24, 2.45) is 5.73 Å². The van der Waals surface area contributed by atoms with Gasteiger partial charge in [0.1, 0.15) is 0 Å². The van der Waals surface area contributed by atoms with E-state index in [9.17, 15) is 0 Å². The number of rotatable bonds is 2. The lowest BCUT2D eigenvalue weighted by Gasteiger charge is -2.23. The number of hydrogen-bond donors (Lipinski definition) is 2. The molecule has 0 unspecified atom stereocenters. The fourth-order valence-electron chi connectivity index (χ4n) is 1.02. The maximum absolute atomic E-state index is 9.07. The molecule has 0 spiro atoms. The zero-order valence-corrected chi connectivity index (χ0v) is 9.56. The van der Waals surface area contributed by atoms with Crippen LogP contribution in [0.3, 0.4) is 0 Å². The molecule has 4 heteroatoms. The van der Waals surface area contributed by atoms with Crippen LogP contribution in [0.25, 0.3) is 0 Å². The summed E-state index contributed by atoms with van der Waals surface area (Å²) in [4.78, 5) is 0. The maximum Gasteiger partial charge on any atom is 0.0650 e. The Morgan fingerprint density at radius 1 is 1.62 bits per heavy atom. The summed E-state index contributed by atoms with van der Waals surface area (Å²) in [5.74, 6) is 0. The molecule has 1 rings (SSSR count). The molecule has 0 saturated heterocycles. The molecule has 3 N–H and O–H groups in total. The molecule has 0 heterocycles. The van der Waals surface area contributed by atoms with E-state index >= 15 is 0 Å². The fraction of sp³-hybridized carbons (Fsp3) is 0.333. The van der Waals surface area contributed by atoms with E-state index in [4.69, 9.17) is 22.4 Å². The van der Waals surface area contributed by atoms with E-state index in [0.717, 1.165) is 10.0 Å². The van der Waals surface area contributed by atoms with Gasteiger partial charge in [-0.25, -0.2) is 0 Å². The SMILES string of the molecule is C[C@@](N)(CO)c1cc(Cl)ccc1Br. The van der Waals surface area contributed by atoms with E-state index in [1.807, 2.05) is 6.07 Å². The lowest BCUT2D eigenvalue weighted by molar-refractivity contribution is 0.209. The number of nitrogens with two attached hydrogens (primary N) is 1. The Morgan fingerprint density at radius 2 is 2.23 bits per heavy atom. The summed E-state index contributed by atoms with van der Waals surface area (Å²) in [6.45, 7) is 1.63. The van der Waals surface area contributed by atoms with E-state index in [2.05, 4.69) is 15.9 Å². The van der Waals surface area contributed by atoms with Gasteiger partial charge in [-0.15, -0.1) is 0 Å². The fourth-order valence-corrected chi connectivity index (χ4v) is 1.89. The molecule has 0 bridgehead atoms. The van der Waals surface area contributed by atoms with Crippen LogP contribution < -0.4 is 5.73 Å². The van der Waals surface area contributed by atoms with Crippen LogP contribution in [0, 0.1) is 0 Å². The van der Waals surface area contributed by atoms with Crippen molar-refractivity contribution in [1.82, 2.24) is 0 Å². The number of hydrogen-bond acceptors (Lipinski definition) is 2. The minimum atomic E-state index is -0.760. The van der Waals surface area contributed by atoms with E-state index < -0.39 is 5.54 Å². The molecule has 0 saturated carbocycles. The predicted molar refractivity (Wildman–Crippen MR) is 57.8 cm³/mol. The molecule has 0 aromatic heterocycles. The Bertz CT molecular complexity index is 314. The molecule has 0 aliphatic carbocycles. The minimum Gasteiger partial charge on any atom is -0.394 e. The van der Waals surface area contributed by atoms with Gasteiger partial charge in [0.25, 0.3) is 0 Å². The van der Waals surface area contributed by atoms with Gasteiger partial charge in [0.2, 0.25) is 0 Å². The minimum absolute atomic E-state index is 0.119. The summed E-state index contributed by atoms with van der Waals surface area (Å²) in [7, 11) is 0. The highest BCUT2D eigenvalue weighted by atomic mass is 79.9. The van der Waals surface area contributed by atoms with Crippen molar-refractivity contribution in [2.75, 3.05) is 6.61 Å². The molecule has 0 amide bonds. The van der Waals surface area contributed by atoms with Crippen LogP contribution in [0.5, 0.6) is 0 Å². The molecular formula is C9H11BrClNO. The number of benzene rings is 1. The summed E-state index contributed by atoms with van der Waals surface area (Å²) in [5, 5.41) is 9.69. The zero-order valence-electron chi connectivity index (χ0n) is 7.22. The highest BCUT2D eigenvalue weighted by Crippen LogP contribution is 2.28. The Kier molecular flexibility index (Phi) is 3.35. The summed E-state index contributed by atoms with van der Waals surface area (Å²) >= 11 is 9.18. The molecule has 13 heavy (non-hydrogen) atoms. The van der Waals surface area contributed by atoms with E-state index in [1.54, 1.807) is 19.1 Å². The highest BCUT2D eigenvalue weighted by molar-refractivity contribution is 9.10. The van der Waals surface area contributed by atoms with Crippen molar-refractivity contribution in [2.45, 2.75) is 12.5 Å². The van der Waals surface area contributed by atoms with Gasteiger partial charge >= 0.3 is 0 Å². The van der Waals surface area contributed by atoms with Gasteiger partial charge in [-0.2, -0.15) is 0 Å². The van der Waals surface area contributed by atoms with Gasteiger partial charge < -0.3 is 10.8 Å². The topological polar surface area (TPSA) is 46.2 Å². The quantitative estimate of drug-likeness (QED) is 0.861. The van der Waals surface area contributed by atoms with E-state index in [-0.39, 0.29) is 6.61 Å². The molecule has 1 atom stereocenters. The standard InChI is InChI=1S/C9H11BrClNO/c1-9(12,5-13)7-4-6(11)2-3-8(7)10/h2-4,13H,5,12H2,1H3/t9-/m1/s1. The number of aliphatic hydroxyl groups is 1. The van der Waals surface area contributed by atoms with Gasteiger partial charge in [-0.05, 0) is 30.7 Å². The molecular weight excluding hydrogens is 253 g/mol. The average Bonchev–Trinajstić information content (AvgIpc) is 2.09. The van der Waals surface area contributed by atoms with Crippen molar-refractivity contribution in [1.29, 1.82) is 0 Å². The third-order valence-electron chi connectivity index (χ3n) is 1.87. The van der Waals surface area contributed by atoms with Crippen molar-refractivity contribution in [3.8, 4) is 0 Å². The lowest BCUT2D eigenvalue weighted by Crippen LogP contribution is -2.37. The Hall–Kier alpha value is -0.0900. The average molecular weight is 265 g/mol. The second kappa shape index (κ2) is 3.96. The van der Waals surface area contributed by atoms with E-state index in [1.165, 1.54) is 0 Å². The molecule has 1 aromatic carbocycles. The molecule has 0 aliphatic rings. The van der Waals surface area contributed by atoms with Crippen molar-refractivity contribution >= 4 is 27.5 Å². The molecule has 72 valence electrons. The van der Waals surface area contributed by atoms with Crippen LogP contribution in [-0.2, 0) is 5.54 Å². The van der Waals surface area contributed by atoms with Crippen LogP contribution in [-0.4, -0.2) is 11.7 Å². The smallest absolute Gasteiger partial charge is 0.0650 e. The summed E-state index contributed by atoms with van der Waals surface area (Å²) in [6, 6.07) is 5.34. The summed E-state index contributed by atoms with van der Waals surface area (Å²) in [5.41, 5.74) is 5.92. The van der Waals surface area contributed by atoms with E-state index in [0.29, 0.717) is 5.02 Å². The second-order valence-corrected chi connectivity index (χ2v) is 4.49. The van der Waals surface area contributed by atoms with Crippen molar-refractivity contribution < 1.29 is 5.11 Å². The number of halogens is 2. The molecule has 0 radical (unpaired) electrons. The van der Waals surface area contributed by atoms with Gasteiger partial charge in [0, 0.05) is 9.50 Å². The zero-order chi connectivity index (χ0) is 10.1. The van der Waals surface area contributed by atoms with Crippen molar-refractivity contribution in [3.05, 3.63) is 33.3 Å². The largest absolute Gasteiger partial charge is 0.394 e. The van der Waals surface area contributed by atoms with Gasteiger partial charge in [-0.1, -0.05) is 27.5 Å². The van der Waals surface area contributed by atoms with Crippen LogP contribution >= 0.6 is 27.5 Å². The first-order valence-electron chi connectivity index (χ1n) is 3.82. The Balaban J connectivity index is 3.20. The molecule has 2 nitrogen and oxygen atoms in total. The summed E-state index contributed by atoms with van der Waals surface area (Å²) in [6.07, 6.45) is 0.